The van der Waals surface area contributed by atoms with Crippen LogP contribution in [0.4, 0.5) is 4.39 Å². The fourth-order valence-corrected chi connectivity index (χ4v) is 4.08. The molecule has 1 heterocycles. The van der Waals surface area contributed by atoms with E-state index in [9.17, 15) is 14.0 Å². The van der Waals surface area contributed by atoms with Crippen molar-refractivity contribution in [1.82, 2.24) is 9.91 Å². The van der Waals surface area contributed by atoms with Gasteiger partial charge in [0.25, 0.3) is 5.91 Å². The first-order chi connectivity index (χ1) is 16.0. The van der Waals surface area contributed by atoms with Gasteiger partial charge in [-0.2, -0.15) is 5.10 Å². The van der Waals surface area contributed by atoms with Crippen molar-refractivity contribution in [2.24, 2.45) is 11.0 Å². The number of hydrogen-bond donors (Lipinski definition) is 0. The van der Waals surface area contributed by atoms with E-state index in [0.717, 1.165) is 18.4 Å². The zero-order valence-electron chi connectivity index (χ0n) is 18.9. The number of hydrogen-bond acceptors (Lipinski definition) is 5. The lowest BCUT2D eigenvalue weighted by Crippen LogP contribution is -2.43. The molecule has 4 rings (SSSR count). The molecule has 0 radical (unpaired) electrons. The quantitative estimate of drug-likeness (QED) is 0.584. The smallest absolute Gasteiger partial charge is 0.262 e. The molecule has 0 spiro atoms. The van der Waals surface area contributed by atoms with Gasteiger partial charge in [-0.05, 0) is 25.0 Å². The van der Waals surface area contributed by atoms with Gasteiger partial charge in [0.15, 0.2) is 0 Å². The largest absolute Gasteiger partial charge is 0.496 e. The van der Waals surface area contributed by atoms with E-state index < -0.39 is 11.9 Å². The number of methoxy groups -OCH3 is 2. The molecule has 1 saturated carbocycles. The fourth-order valence-electron chi connectivity index (χ4n) is 4.08. The standard InChI is InChI=1S/C25H28FN3O4/c1-32-14-13-28(25(31)17-11-12-17)16-24(30)29-22(19-8-4-6-10-23(19)33-2)15-21(27-29)18-7-3-5-9-20(18)26/h3-10,17,22H,11-16H2,1-2H3/t22-/m1/s1. The van der Waals surface area contributed by atoms with Crippen LogP contribution in [0, 0.1) is 11.7 Å². The molecule has 2 aromatic rings. The summed E-state index contributed by atoms with van der Waals surface area (Å²) in [6.45, 7) is 0.554. The maximum absolute atomic E-state index is 14.5. The van der Waals surface area contributed by atoms with Gasteiger partial charge in [-0.1, -0.05) is 36.4 Å². The highest BCUT2D eigenvalue weighted by Gasteiger charge is 2.38. The van der Waals surface area contributed by atoms with Crippen LogP contribution < -0.4 is 4.74 Å². The Morgan fingerprint density at radius 1 is 1.12 bits per heavy atom. The monoisotopic (exact) mass is 453 g/mol. The lowest BCUT2D eigenvalue weighted by atomic mass is 9.97. The van der Waals surface area contributed by atoms with E-state index in [-0.39, 0.29) is 24.3 Å². The Balaban J connectivity index is 1.65. The summed E-state index contributed by atoms with van der Waals surface area (Å²) in [7, 11) is 3.13. The summed E-state index contributed by atoms with van der Waals surface area (Å²) in [4.78, 5) is 27.7. The van der Waals surface area contributed by atoms with E-state index in [0.29, 0.717) is 36.6 Å². The van der Waals surface area contributed by atoms with Gasteiger partial charge in [0.2, 0.25) is 5.91 Å². The number of halogens is 1. The van der Waals surface area contributed by atoms with Crippen molar-refractivity contribution in [2.75, 3.05) is 33.9 Å². The molecule has 0 aromatic heterocycles. The van der Waals surface area contributed by atoms with Crippen LogP contribution >= 0.6 is 0 Å². The van der Waals surface area contributed by atoms with Crippen molar-refractivity contribution in [3.8, 4) is 5.75 Å². The molecule has 2 aromatic carbocycles. The molecule has 2 amide bonds. The topological polar surface area (TPSA) is 71.4 Å². The normalized spacial score (nSPS) is 17.6. The number of hydrazone groups is 1. The minimum Gasteiger partial charge on any atom is -0.496 e. The average molecular weight is 454 g/mol. The summed E-state index contributed by atoms with van der Waals surface area (Å²) in [6.07, 6.45) is 2.03. The highest BCUT2D eigenvalue weighted by Crippen LogP contribution is 2.38. The number of rotatable bonds is 9. The van der Waals surface area contributed by atoms with Crippen molar-refractivity contribution in [3.05, 3.63) is 65.5 Å². The number of nitrogens with zero attached hydrogens (tertiary/aromatic N) is 3. The predicted molar refractivity (Wildman–Crippen MR) is 121 cm³/mol. The van der Waals surface area contributed by atoms with Crippen LogP contribution in [-0.4, -0.2) is 61.4 Å². The van der Waals surface area contributed by atoms with Crippen molar-refractivity contribution in [1.29, 1.82) is 0 Å². The molecule has 0 bridgehead atoms. The minimum absolute atomic E-state index is 0.0178. The Morgan fingerprint density at radius 3 is 2.55 bits per heavy atom. The Labute approximate surface area is 192 Å². The second kappa shape index (κ2) is 10.1. The molecular weight excluding hydrogens is 425 g/mol. The number of carbonyl (C=O) groups is 2. The van der Waals surface area contributed by atoms with Crippen molar-refractivity contribution >= 4 is 17.5 Å². The van der Waals surface area contributed by atoms with Crippen molar-refractivity contribution < 1.29 is 23.5 Å². The number of para-hydroxylation sites is 1. The molecular formula is C25H28FN3O4. The van der Waals surface area contributed by atoms with E-state index in [1.807, 2.05) is 24.3 Å². The maximum atomic E-state index is 14.5. The van der Waals surface area contributed by atoms with Gasteiger partial charge < -0.3 is 14.4 Å². The summed E-state index contributed by atoms with van der Waals surface area (Å²) in [5, 5.41) is 5.92. The lowest BCUT2D eigenvalue weighted by molar-refractivity contribution is -0.142. The summed E-state index contributed by atoms with van der Waals surface area (Å²) in [6, 6.07) is 13.3. The molecule has 174 valence electrons. The molecule has 1 aliphatic heterocycles. The Hall–Kier alpha value is -3.26. The molecule has 8 heteroatoms. The van der Waals surface area contributed by atoms with Gasteiger partial charge in [0.1, 0.15) is 18.1 Å². The molecule has 33 heavy (non-hydrogen) atoms. The van der Waals surface area contributed by atoms with Gasteiger partial charge in [0, 0.05) is 37.1 Å². The van der Waals surface area contributed by atoms with Gasteiger partial charge >= 0.3 is 0 Å². The van der Waals surface area contributed by atoms with Gasteiger partial charge in [-0.25, -0.2) is 9.40 Å². The number of amides is 2. The third kappa shape index (κ3) is 5.06. The van der Waals surface area contributed by atoms with Crippen LogP contribution in [-0.2, 0) is 14.3 Å². The maximum Gasteiger partial charge on any atom is 0.262 e. The van der Waals surface area contributed by atoms with E-state index in [4.69, 9.17) is 9.47 Å². The molecule has 0 N–H and O–H groups in total. The summed E-state index contributed by atoms with van der Waals surface area (Å²) in [5.41, 5.74) is 1.62. The zero-order valence-corrected chi connectivity index (χ0v) is 18.9. The molecule has 0 saturated heterocycles. The molecule has 7 nitrogen and oxygen atoms in total. The van der Waals surface area contributed by atoms with Crippen LogP contribution in [0.25, 0.3) is 0 Å². The van der Waals surface area contributed by atoms with Crippen LogP contribution in [0.3, 0.4) is 0 Å². The van der Waals surface area contributed by atoms with Gasteiger partial charge in [-0.3, -0.25) is 9.59 Å². The second-order valence-corrected chi connectivity index (χ2v) is 8.25. The third-order valence-corrected chi connectivity index (χ3v) is 5.98. The Kier molecular flexibility index (Phi) is 7.03. The zero-order chi connectivity index (χ0) is 23.4. The lowest BCUT2D eigenvalue weighted by Gasteiger charge is -2.27. The van der Waals surface area contributed by atoms with Gasteiger partial charge in [0.05, 0.1) is 25.5 Å². The first-order valence-electron chi connectivity index (χ1n) is 11.1. The molecule has 2 aliphatic rings. The van der Waals surface area contributed by atoms with E-state index in [2.05, 4.69) is 5.10 Å². The van der Waals surface area contributed by atoms with E-state index >= 15 is 0 Å². The first kappa shape index (κ1) is 22.9. The summed E-state index contributed by atoms with van der Waals surface area (Å²) >= 11 is 0. The SMILES string of the molecule is COCCN(CC(=O)N1N=C(c2ccccc2F)C[C@@H]1c1ccccc1OC)C(=O)C1CC1. The molecule has 1 aliphatic carbocycles. The fraction of sp³-hybridized carbons (Fsp3) is 0.400. The highest BCUT2D eigenvalue weighted by atomic mass is 19.1. The van der Waals surface area contributed by atoms with Gasteiger partial charge in [-0.15, -0.1) is 0 Å². The van der Waals surface area contributed by atoms with Crippen LogP contribution in [0.15, 0.2) is 53.6 Å². The predicted octanol–water partition coefficient (Wildman–Crippen LogP) is 3.40. The Bertz CT molecular complexity index is 1050. The highest BCUT2D eigenvalue weighted by molar-refractivity contribution is 6.03. The number of carbonyl (C=O) groups excluding carboxylic acids is 2. The van der Waals surface area contributed by atoms with Crippen LogP contribution in [0.2, 0.25) is 0 Å². The third-order valence-electron chi connectivity index (χ3n) is 5.98. The Morgan fingerprint density at radius 2 is 1.85 bits per heavy atom. The summed E-state index contributed by atoms with van der Waals surface area (Å²) < 4.78 is 25.2. The van der Waals surface area contributed by atoms with E-state index in [1.165, 1.54) is 11.1 Å². The van der Waals surface area contributed by atoms with Crippen LogP contribution in [0.5, 0.6) is 5.75 Å². The van der Waals surface area contributed by atoms with Crippen LogP contribution in [0.1, 0.15) is 36.4 Å². The van der Waals surface area contributed by atoms with E-state index in [1.54, 1.807) is 37.3 Å². The van der Waals surface area contributed by atoms with Crippen molar-refractivity contribution in [2.45, 2.75) is 25.3 Å². The molecule has 1 atom stereocenters. The molecule has 1 fully saturated rings. The first-order valence-corrected chi connectivity index (χ1v) is 11.1. The average Bonchev–Trinajstić information content (AvgIpc) is 3.59. The molecule has 0 unspecified atom stereocenters. The second-order valence-electron chi connectivity index (χ2n) is 8.25. The minimum atomic E-state index is -0.469. The van der Waals surface area contributed by atoms with Crippen molar-refractivity contribution in [3.63, 3.8) is 0 Å². The summed E-state index contributed by atoms with van der Waals surface area (Å²) in [5.74, 6) is -0.157. The number of benzene rings is 2. The number of ether oxygens (including phenoxy) is 2.